The molecule has 1 aliphatic rings. The molecule has 0 atom stereocenters. The van der Waals surface area contributed by atoms with Gasteiger partial charge in [-0.3, -0.25) is 0 Å². The summed E-state index contributed by atoms with van der Waals surface area (Å²) >= 11 is 0. The van der Waals surface area contributed by atoms with Crippen LogP contribution < -0.4 is 10.6 Å². The Hall–Kier alpha value is -1.32. The standard InChI is InChI=1S/C14H24N4/c1-4-14(7-6-8-14)10-16-12-9-11(3)17-13(18-12)15-5-2/h9H,4-8,10H2,1-3H3,(H2,15,16,17,18). The Morgan fingerprint density at radius 1 is 1.22 bits per heavy atom. The summed E-state index contributed by atoms with van der Waals surface area (Å²) in [6.45, 7) is 8.23. The number of nitrogens with zero attached hydrogens (tertiary/aromatic N) is 2. The molecule has 0 amide bonds. The highest BCUT2D eigenvalue weighted by Gasteiger charge is 2.34. The molecule has 2 N–H and O–H groups in total. The summed E-state index contributed by atoms with van der Waals surface area (Å²) in [5.74, 6) is 1.66. The number of hydrogen-bond donors (Lipinski definition) is 2. The van der Waals surface area contributed by atoms with E-state index in [4.69, 9.17) is 0 Å². The highest BCUT2D eigenvalue weighted by Crippen LogP contribution is 2.43. The van der Waals surface area contributed by atoms with E-state index in [2.05, 4.69) is 34.4 Å². The SMILES string of the molecule is CCNc1nc(C)cc(NCC2(CC)CCC2)n1. The first-order valence-electron chi connectivity index (χ1n) is 7.01. The number of rotatable bonds is 6. The molecule has 0 aliphatic heterocycles. The molecule has 4 nitrogen and oxygen atoms in total. The van der Waals surface area contributed by atoms with Gasteiger partial charge in [0, 0.05) is 24.8 Å². The summed E-state index contributed by atoms with van der Waals surface area (Å²) < 4.78 is 0. The van der Waals surface area contributed by atoms with Gasteiger partial charge in [0.05, 0.1) is 0 Å². The summed E-state index contributed by atoms with van der Waals surface area (Å²) in [5, 5.41) is 6.65. The van der Waals surface area contributed by atoms with Crippen molar-refractivity contribution in [1.29, 1.82) is 0 Å². The topological polar surface area (TPSA) is 49.8 Å². The van der Waals surface area contributed by atoms with E-state index in [-0.39, 0.29) is 0 Å². The molecule has 2 rings (SSSR count). The molecule has 0 spiro atoms. The zero-order chi connectivity index (χ0) is 13.0. The van der Waals surface area contributed by atoms with E-state index in [0.717, 1.165) is 30.5 Å². The average Bonchev–Trinajstić information content (AvgIpc) is 2.28. The van der Waals surface area contributed by atoms with Crippen LogP contribution in [0.15, 0.2) is 6.07 Å². The average molecular weight is 248 g/mol. The Balaban J connectivity index is 2.00. The van der Waals surface area contributed by atoms with Crippen LogP contribution in [0.2, 0.25) is 0 Å². The summed E-state index contributed by atoms with van der Waals surface area (Å²) in [7, 11) is 0. The third kappa shape index (κ3) is 2.92. The molecule has 1 aromatic rings. The fraction of sp³-hybridized carbons (Fsp3) is 0.714. The molecule has 4 heteroatoms. The molecule has 100 valence electrons. The molecule has 0 aromatic carbocycles. The van der Waals surface area contributed by atoms with E-state index in [1.54, 1.807) is 0 Å². The second-order valence-corrected chi connectivity index (χ2v) is 5.31. The molecule has 0 saturated heterocycles. The fourth-order valence-electron chi connectivity index (χ4n) is 2.51. The van der Waals surface area contributed by atoms with Crippen molar-refractivity contribution in [3.8, 4) is 0 Å². The van der Waals surface area contributed by atoms with E-state index >= 15 is 0 Å². The number of hydrogen-bond acceptors (Lipinski definition) is 4. The highest BCUT2D eigenvalue weighted by atomic mass is 15.1. The van der Waals surface area contributed by atoms with Crippen molar-refractivity contribution < 1.29 is 0 Å². The normalized spacial score (nSPS) is 17.1. The van der Waals surface area contributed by atoms with Crippen LogP contribution >= 0.6 is 0 Å². The first-order chi connectivity index (χ1) is 8.67. The van der Waals surface area contributed by atoms with E-state index in [0.29, 0.717) is 5.41 Å². The third-order valence-electron chi connectivity index (χ3n) is 4.00. The number of anilines is 2. The van der Waals surface area contributed by atoms with E-state index in [9.17, 15) is 0 Å². The van der Waals surface area contributed by atoms with E-state index < -0.39 is 0 Å². The smallest absolute Gasteiger partial charge is 0.224 e. The lowest BCUT2D eigenvalue weighted by atomic mass is 9.67. The lowest BCUT2D eigenvalue weighted by Gasteiger charge is -2.41. The predicted octanol–water partition coefficient (Wildman–Crippen LogP) is 3.21. The largest absolute Gasteiger partial charge is 0.369 e. The van der Waals surface area contributed by atoms with Gasteiger partial charge in [-0.15, -0.1) is 0 Å². The van der Waals surface area contributed by atoms with Gasteiger partial charge < -0.3 is 10.6 Å². The van der Waals surface area contributed by atoms with Crippen LogP contribution in [0.5, 0.6) is 0 Å². The van der Waals surface area contributed by atoms with Crippen LogP contribution in [0.4, 0.5) is 11.8 Å². The molecule has 1 heterocycles. The molecule has 18 heavy (non-hydrogen) atoms. The Morgan fingerprint density at radius 2 is 2.00 bits per heavy atom. The summed E-state index contributed by atoms with van der Waals surface area (Å²) in [4.78, 5) is 8.85. The second kappa shape index (κ2) is 5.55. The Morgan fingerprint density at radius 3 is 2.56 bits per heavy atom. The fourth-order valence-corrected chi connectivity index (χ4v) is 2.51. The maximum absolute atomic E-state index is 4.49. The van der Waals surface area contributed by atoms with Gasteiger partial charge in [0.25, 0.3) is 0 Å². The van der Waals surface area contributed by atoms with Crippen molar-refractivity contribution in [3.63, 3.8) is 0 Å². The highest BCUT2D eigenvalue weighted by molar-refractivity contribution is 5.42. The van der Waals surface area contributed by atoms with Crippen molar-refractivity contribution in [3.05, 3.63) is 11.8 Å². The summed E-state index contributed by atoms with van der Waals surface area (Å²) in [5.41, 5.74) is 1.51. The quantitative estimate of drug-likeness (QED) is 0.811. The molecule has 0 bridgehead atoms. The van der Waals surface area contributed by atoms with Crippen molar-refractivity contribution in [2.75, 3.05) is 23.7 Å². The first kappa shape index (κ1) is 13.1. The summed E-state index contributed by atoms with van der Waals surface area (Å²) in [6, 6.07) is 2.02. The van der Waals surface area contributed by atoms with Crippen molar-refractivity contribution in [1.82, 2.24) is 9.97 Å². The maximum atomic E-state index is 4.49. The van der Waals surface area contributed by atoms with Crippen LogP contribution in [0, 0.1) is 12.3 Å². The Labute approximate surface area is 110 Å². The van der Waals surface area contributed by atoms with Crippen molar-refractivity contribution >= 4 is 11.8 Å². The monoisotopic (exact) mass is 248 g/mol. The maximum Gasteiger partial charge on any atom is 0.224 e. The molecule has 0 radical (unpaired) electrons. The third-order valence-corrected chi connectivity index (χ3v) is 4.00. The molecular weight excluding hydrogens is 224 g/mol. The second-order valence-electron chi connectivity index (χ2n) is 5.31. The number of nitrogens with one attached hydrogen (secondary N) is 2. The molecule has 1 fully saturated rings. The van der Waals surface area contributed by atoms with Gasteiger partial charge in [-0.2, -0.15) is 4.98 Å². The van der Waals surface area contributed by atoms with Crippen LogP contribution in [-0.4, -0.2) is 23.1 Å². The van der Waals surface area contributed by atoms with Crippen LogP contribution in [0.3, 0.4) is 0 Å². The molecule has 0 unspecified atom stereocenters. The van der Waals surface area contributed by atoms with Crippen LogP contribution in [0.25, 0.3) is 0 Å². The number of aryl methyl sites for hydroxylation is 1. The minimum absolute atomic E-state index is 0.511. The minimum atomic E-state index is 0.511. The van der Waals surface area contributed by atoms with Crippen LogP contribution in [0.1, 0.15) is 45.2 Å². The molecule has 1 aromatic heterocycles. The van der Waals surface area contributed by atoms with Crippen LogP contribution in [-0.2, 0) is 0 Å². The zero-order valence-electron chi connectivity index (χ0n) is 11.7. The first-order valence-corrected chi connectivity index (χ1v) is 7.01. The predicted molar refractivity (Wildman–Crippen MR) is 76.0 cm³/mol. The molecule has 1 aliphatic carbocycles. The van der Waals surface area contributed by atoms with E-state index in [1.165, 1.54) is 25.7 Å². The molecule has 1 saturated carbocycles. The molecular formula is C14H24N4. The Bertz CT molecular complexity index is 393. The lowest BCUT2D eigenvalue weighted by Crippen LogP contribution is -2.36. The van der Waals surface area contributed by atoms with Gasteiger partial charge in [0.1, 0.15) is 5.82 Å². The Kier molecular flexibility index (Phi) is 4.04. The van der Waals surface area contributed by atoms with Gasteiger partial charge in [-0.25, -0.2) is 4.98 Å². The van der Waals surface area contributed by atoms with Gasteiger partial charge in [-0.05, 0) is 38.5 Å². The van der Waals surface area contributed by atoms with Gasteiger partial charge in [-0.1, -0.05) is 13.3 Å². The van der Waals surface area contributed by atoms with Crippen molar-refractivity contribution in [2.24, 2.45) is 5.41 Å². The lowest BCUT2D eigenvalue weighted by molar-refractivity contribution is 0.145. The zero-order valence-corrected chi connectivity index (χ0v) is 11.7. The van der Waals surface area contributed by atoms with Crippen molar-refractivity contribution in [2.45, 2.75) is 46.5 Å². The van der Waals surface area contributed by atoms with Gasteiger partial charge in [0.2, 0.25) is 5.95 Å². The van der Waals surface area contributed by atoms with Gasteiger partial charge >= 0.3 is 0 Å². The minimum Gasteiger partial charge on any atom is -0.369 e. The van der Waals surface area contributed by atoms with E-state index in [1.807, 2.05) is 13.0 Å². The summed E-state index contributed by atoms with van der Waals surface area (Å²) in [6.07, 6.45) is 5.33. The van der Waals surface area contributed by atoms with Gasteiger partial charge in [0.15, 0.2) is 0 Å². The number of aromatic nitrogens is 2.